The summed E-state index contributed by atoms with van der Waals surface area (Å²) in [5, 5.41) is 8.48. The van der Waals surface area contributed by atoms with Crippen molar-refractivity contribution in [1.82, 2.24) is 15.1 Å². The number of nitrogens with two attached hydrogens (primary N) is 1. The van der Waals surface area contributed by atoms with Crippen molar-refractivity contribution in [3.05, 3.63) is 29.5 Å². The molecule has 0 fully saturated rings. The van der Waals surface area contributed by atoms with Crippen LogP contribution in [0.15, 0.2) is 18.2 Å². The summed E-state index contributed by atoms with van der Waals surface area (Å²) in [6.45, 7) is 6.38. The fraction of sp³-hybridized carbons (Fsp3) is 0.500. The Bertz CT molecular complexity index is 699. The van der Waals surface area contributed by atoms with Crippen molar-refractivity contribution in [2.45, 2.75) is 38.1 Å². The highest BCUT2D eigenvalue weighted by Gasteiger charge is 2.31. The first-order valence-electron chi connectivity index (χ1n) is 7.27. The lowest BCUT2D eigenvalue weighted by Gasteiger charge is -2.28. The Morgan fingerprint density at radius 3 is 2.74 bits per heavy atom. The molecule has 23 heavy (non-hydrogen) atoms. The van der Waals surface area contributed by atoms with Crippen molar-refractivity contribution < 1.29 is 4.79 Å². The van der Waals surface area contributed by atoms with Crippen molar-refractivity contribution in [2.24, 2.45) is 12.8 Å². The molecule has 2 rings (SSSR count). The van der Waals surface area contributed by atoms with Gasteiger partial charge in [-0.25, -0.2) is 0 Å². The molecule has 7 heteroatoms. The number of aryl methyl sites for hydroxylation is 2. The van der Waals surface area contributed by atoms with Gasteiger partial charge in [0.15, 0.2) is 0 Å². The van der Waals surface area contributed by atoms with Gasteiger partial charge in [-0.05, 0) is 39.2 Å². The topological polar surface area (TPSA) is 72.9 Å². The average molecular weight is 357 g/mol. The van der Waals surface area contributed by atoms with Crippen molar-refractivity contribution >= 4 is 41.0 Å². The molecular formula is C16H25ClN4OS. The molecule has 1 atom stereocenters. The van der Waals surface area contributed by atoms with Crippen molar-refractivity contribution in [3.63, 3.8) is 0 Å². The molecule has 0 saturated heterocycles. The van der Waals surface area contributed by atoms with Gasteiger partial charge in [0.25, 0.3) is 0 Å². The van der Waals surface area contributed by atoms with Crippen LogP contribution in [-0.2, 0) is 18.4 Å². The number of amides is 1. The second-order valence-corrected chi connectivity index (χ2v) is 7.55. The van der Waals surface area contributed by atoms with Crippen LogP contribution >= 0.6 is 24.2 Å². The highest BCUT2D eigenvalue weighted by atomic mass is 35.5. The number of hydrogen-bond donors (Lipinski definition) is 2. The molecule has 5 nitrogen and oxygen atoms in total. The molecule has 0 aliphatic rings. The normalized spacial score (nSPS) is 12.8. The van der Waals surface area contributed by atoms with E-state index >= 15 is 0 Å². The fourth-order valence-corrected chi connectivity index (χ4v) is 2.67. The van der Waals surface area contributed by atoms with E-state index in [1.807, 2.05) is 44.8 Å². The molecule has 0 spiro atoms. The number of nitrogens with zero attached hydrogens (tertiary/aromatic N) is 2. The van der Waals surface area contributed by atoms with Gasteiger partial charge >= 0.3 is 0 Å². The van der Waals surface area contributed by atoms with E-state index < -0.39 is 6.04 Å². The summed E-state index contributed by atoms with van der Waals surface area (Å²) < 4.78 is 1.54. The Morgan fingerprint density at radius 2 is 2.13 bits per heavy atom. The van der Waals surface area contributed by atoms with Crippen molar-refractivity contribution in [3.8, 4) is 0 Å². The molecule has 1 aromatic carbocycles. The first-order chi connectivity index (χ1) is 10.3. The molecule has 0 aliphatic heterocycles. The number of carbonyl (C=O) groups is 1. The van der Waals surface area contributed by atoms with Gasteiger partial charge in [0.2, 0.25) is 5.91 Å². The number of carbonyl (C=O) groups excluding carboxylic acids is 1. The lowest BCUT2D eigenvalue weighted by Crippen LogP contribution is -2.51. The standard InChI is InChI=1S/C16H24N4OS.ClH/c1-10-6-7-13-11(8-10)12(19-20(13)4)9-18-15(21)14(17)16(2,3)22-5;/h6-8,14H,9,17H2,1-5H3,(H,18,21);1H/t14-;/m1./s1. The molecule has 1 amide bonds. The van der Waals surface area contributed by atoms with Crippen molar-refractivity contribution in [1.29, 1.82) is 0 Å². The highest BCUT2D eigenvalue weighted by molar-refractivity contribution is 8.00. The van der Waals surface area contributed by atoms with E-state index in [2.05, 4.69) is 22.5 Å². The number of thioether (sulfide) groups is 1. The average Bonchev–Trinajstić information content (AvgIpc) is 2.79. The Labute approximate surface area is 147 Å². The second-order valence-electron chi connectivity index (χ2n) is 6.09. The number of hydrogen-bond acceptors (Lipinski definition) is 4. The lowest BCUT2D eigenvalue weighted by atomic mass is 10.0. The fourth-order valence-electron chi connectivity index (χ4n) is 2.31. The number of fused-ring (bicyclic) bond motifs is 1. The monoisotopic (exact) mass is 356 g/mol. The van der Waals surface area contributed by atoms with Gasteiger partial charge in [-0.2, -0.15) is 16.9 Å². The summed E-state index contributed by atoms with van der Waals surface area (Å²) in [6.07, 6.45) is 1.96. The van der Waals surface area contributed by atoms with Crippen LogP contribution in [0.25, 0.3) is 10.9 Å². The van der Waals surface area contributed by atoms with Gasteiger partial charge in [-0.3, -0.25) is 9.48 Å². The maximum atomic E-state index is 12.2. The Morgan fingerprint density at radius 1 is 1.48 bits per heavy atom. The summed E-state index contributed by atoms with van der Waals surface area (Å²) in [5.41, 5.74) is 9.15. The summed E-state index contributed by atoms with van der Waals surface area (Å²) in [7, 11) is 1.91. The number of halogens is 1. The molecule has 0 bridgehead atoms. The smallest absolute Gasteiger partial charge is 0.238 e. The zero-order valence-electron chi connectivity index (χ0n) is 14.2. The van der Waals surface area contributed by atoms with E-state index in [-0.39, 0.29) is 23.1 Å². The minimum Gasteiger partial charge on any atom is -0.349 e. The van der Waals surface area contributed by atoms with Gasteiger partial charge in [0, 0.05) is 17.2 Å². The molecule has 0 radical (unpaired) electrons. The van der Waals surface area contributed by atoms with Gasteiger partial charge in [-0.15, -0.1) is 12.4 Å². The zero-order valence-corrected chi connectivity index (χ0v) is 15.8. The highest BCUT2D eigenvalue weighted by Crippen LogP contribution is 2.24. The van der Waals surface area contributed by atoms with Crippen LogP contribution < -0.4 is 11.1 Å². The molecule has 0 saturated carbocycles. The Hall–Kier alpha value is -1.24. The van der Waals surface area contributed by atoms with Crippen LogP contribution in [0.5, 0.6) is 0 Å². The first kappa shape index (κ1) is 19.8. The van der Waals surface area contributed by atoms with Crippen LogP contribution in [-0.4, -0.2) is 32.7 Å². The van der Waals surface area contributed by atoms with E-state index in [1.165, 1.54) is 5.56 Å². The summed E-state index contributed by atoms with van der Waals surface area (Å²) in [5.74, 6) is -0.147. The predicted octanol–water partition coefficient (Wildman–Crippen LogP) is 2.39. The maximum Gasteiger partial charge on any atom is 0.238 e. The second kappa shape index (κ2) is 7.55. The predicted molar refractivity (Wildman–Crippen MR) is 100 cm³/mol. The number of nitrogens with one attached hydrogen (secondary N) is 1. The van der Waals surface area contributed by atoms with E-state index in [1.54, 1.807) is 11.8 Å². The van der Waals surface area contributed by atoms with Crippen LogP contribution in [0.4, 0.5) is 0 Å². The van der Waals surface area contributed by atoms with E-state index in [4.69, 9.17) is 5.73 Å². The number of benzene rings is 1. The summed E-state index contributed by atoms with van der Waals surface area (Å²) >= 11 is 1.59. The van der Waals surface area contributed by atoms with Crippen molar-refractivity contribution in [2.75, 3.05) is 6.26 Å². The van der Waals surface area contributed by atoms with Gasteiger partial charge < -0.3 is 11.1 Å². The molecular weight excluding hydrogens is 332 g/mol. The van der Waals surface area contributed by atoms with Crippen LogP contribution in [0.3, 0.4) is 0 Å². The molecule has 0 unspecified atom stereocenters. The van der Waals surface area contributed by atoms with Crippen LogP contribution in [0.1, 0.15) is 25.1 Å². The molecule has 2 aromatic rings. The van der Waals surface area contributed by atoms with Gasteiger partial charge in [-0.1, -0.05) is 11.6 Å². The van der Waals surface area contributed by atoms with E-state index in [9.17, 15) is 4.79 Å². The van der Waals surface area contributed by atoms with E-state index in [0.29, 0.717) is 6.54 Å². The third kappa shape index (κ3) is 4.19. The van der Waals surface area contributed by atoms with Crippen LogP contribution in [0, 0.1) is 6.92 Å². The minimum absolute atomic E-state index is 0. The molecule has 3 N–H and O–H groups in total. The van der Waals surface area contributed by atoms with Gasteiger partial charge in [0.1, 0.15) is 0 Å². The largest absolute Gasteiger partial charge is 0.349 e. The molecule has 1 aromatic heterocycles. The molecule has 128 valence electrons. The quantitative estimate of drug-likeness (QED) is 0.862. The summed E-state index contributed by atoms with van der Waals surface area (Å²) in [6, 6.07) is 5.64. The number of rotatable bonds is 5. The Balaban J connectivity index is 0.00000264. The zero-order chi connectivity index (χ0) is 16.5. The SMILES string of the molecule is CSC(C)(C)[C@H](N)C(=O)NCc1nn(C)c2ccc(C)cc12.Cl. The van der Waals surface area contributed by atoms with Gasteiger partial charge in [0.05, 0.1) is 23.8 Å². The molecule has 0 aliphatic carbocycles. The Kier molecular flexibility index (Phi) is 6.50. The molecule has 1 heterocycles. The third-order valence-electron chi connectivity index (χ3n) is 4.07. The lowest BCUT2D eigenvalue weighted by molar-refractivity contribution is -0.123. The summed E-state index contributed by atoms with van der Waals surface area (Å²) in [4.78, 5) is 12.2. The first-order valence-corrected chi connectivity index (χ1v) is 8.49. The van der Waals surface area contributed by atoms with Crippen LogP contribution in [0.2, 0.25) is 0 Å². The number of aromatic nitrogens is 2. The van der Waals surface area contributed by atoms with E-state index in [0.717, 1.165) is 16.6 Å². The third-order valence-corrected chi connectivity index (χ3v) is 5.38. The minimum atomic E-state index is -0.556. The maximum absolute atomic E-state index is 12.2.